The van der Waals surface area contributed by atoms with Crippen molar-refractivity contribution in [3.8, 4) is 0 Å². The number of aliphatic hydroxyl groups is 1. The van der Waals surface area contributed by atoms with Crippen LogP contribution in [0.4, 0.5) is 16.2 Å². The number of aliphatic hydroxyl groups excluding tert-OH is 1. The van der Waals surface area contributed by atoms with E-state index in [0.29, 0.717) is 18.2 Å². The summed E-state index contributed by atoms with van der Waals surface area (Å²) in [6, 6.07) is 5.32. The number of carbonyl (C=O) groups excluding carboxylic acids is 1. The molecule has 2 unspecified atom stereocenters. The van der Waals surface area contributed by atoms with Crippen molar-refractivity contribution >= 4 is 17.4 Å². The van der Waals surface area contributed by atoms with E-state index in [4.69, 9.17) is 0 Å². The smallest absolute Gasteiger partial charge is 0.319 e. The summed E-state index contributed by atoms with van der Waals surface area (Å²) in [5.41, 5.74) is 0.487. The first-order valence-corrected chi connectivity index (χ1v) is 7.00. The maximum atomic E-state index is 11.8. The zero-order valence-electron chi connectivity index (χ0n) is 11.6. The van der Waals surface area contributed by atoms with E-state index in [1.165, 1.54) is 24.3 Å². The highest BCUT2D eigenvalue weighted by atomic mass is 16.6. The largest absolute Gasteiger partial charge is 0.396 e. The molecule has 3 N–H and O–H groups in total. The molecule has 0 aliphatic heterocycles. The van der Waals surface area contributed by atoms with Crippen LogP contribution in [0.5, 0.6) is 0 Å². The van der Waals surface area contributed by atoms with Gasteiger partial charge in [0.2, 0.25) is 0 Å². The van der Waals surface area contributed by atoms with Crippen LogP contribution >= 0.6 is 0 Å². The summed E-state index contributed by atoms with van der Waals surface area (Å²) in [6.07, 6.45) is 3.11. The van der Waals surface area contributed by atoms with Gasteiger partial charge >= 0.3 is 6.03 Å². The van der Waals surface area contributed by atoms with Crippen molar-refractivity contribution in [1.29, 1.82) is 0 Å². The first kappa shape index (κ1) is 15.2. The summed E-state index contributed by atoms with van der Waals surface area (Å²) < 4.78 is 0. The van der Waals surface area contributed by atoms with Crippen LogP contribution in [0.1, 0.15) is 19.3 Å². The number of nitrogens with one attached hydrogen (secondary N) is 2. The van der Waals surface area contributed by atoms with Gasteiger partial charge in [-0.15, -0.1) is 0 Å². The third-order valence-corrected chi connectivity index (χ3v) is 3.91. The summed E-state index contributed by atoms with van der Waals surface area (Å²) in [7, 11) is 0. The number of nitro groups is 1. The van der Waals surface area contributed by atoms with E-state index >= 15 is 0 Å². The summed E-state index contributed by atoms with van der Waals surface area (Å²) in [6.45, 7) is 0.695. The van der Waals surface area contributed by atoms with Gasteiger partial charge in [-0.2, -0.15) is 0 Å². The van der Waals surface area contributed by atoms with Gasteiger partial charge in [0.1, 0.15) is 0 Å². The Balaban J connectivity index is 1.80. The highest BCUT2D eigenvalue weighted by Crippen LogP contribution is 2.30. The van der Waals surface area contributed by atoms with E-state index in [-0.39, 0.29) is 24.2 Å². The summed E-state index contributed by atoms with van der Waals surface area (Å²) in [4.78, 5) is 21.8. The molecule has 7 heteroatoms. The van der Waals surface area contributed by atoms with E-state index in [1.54, 1.807) is 0 Å². The lowest BCUT2D eigenvalue weighted by Gasteiger charge is -2.18. The van der Waals surface area contributed by atoms with Crippen LogP contribution in [0.25, 0.3) is 0 Å². The zero-order chi connectivity index (χ0) is 15.2. The minimum Gasteiger partial charge on any atom is -0.396 e. The van der Waals surface area contributed by atoms with Gasteiger partial charge in [-0.25, -0.2) is 4.79 Å². The Morgan fingerprint density at radius 1 is 1.29 bits per heavy atom. The highest BCUT2D eigenvalue weighted by Gasteiger charge is 2.26. The minimum absolute atomic E-state index is 0.0160. The fourth-order valence-corrected chi connectivity index (χ4v) is 2.69. The second kappa shape index (κ2) is 7.03. The zero-order valence-corrected chi connectivity index (χ0v) is 11.6. The van der Waals surface area contributed by atoms with E-state index in [9.17, 15) is 20.0 Å². The van der Waals surface area contributed by atoms with Gasteiger partial charge in [-0.3, -0.25) is 10.1 Å². The Labute approximate surface area is 122 Å². The molecule has 0 aromatic heterocycles. The van der Waals surface area contributed by atoms with Crippen LogP contribution in [-0.2, 0) is 0 Å². The molecular formula is C14H19N3O4. The average Bonchev–Trinajstić information content (AvgIpc) is 2.93. The second-order valence-corrected chi connectivity index (χ2v) is 5.27. The maximum Gasteiger partial charge on any atom is 0.319 e. The third-order valence-electron chi connectivity index (χ3n) is 3.91. The van der Waals surface area contributed by atoms with Crippen LogP contribution in [0.15, 0.2) is 24.3 Å². The number of non-ortho nitro benzene ring substituents is 1. The van der Waals surface area contributed by atoms with Crippen LogP contribution in [-0.4, -0.2) is 29.2 Å². The molecule has 0 heterocycles. The molecule has 2 amide bonds. The molecule has 1 aromatic rings. The van der Waals surface area contributed by atoms with Crippen molar-refractivity contribution < 1.29 is 14.8 Å². The topological polar surface area (TPSA) is 104 Å². The summed E-state index contributed by atoms with van der Waals surface area (Å²) in [5, 5.41) is 25.2. The lowest BCUT2D eigenvalue weighted by atomic mass is 9.97. The van der Waals surface area contributed by atoms with Crippen molar-refractivity contribution in [1.82, 2.24) is 5.32 Å². The van der Waals surface area contributed by atoms with Gasteiger partial charge < -0.3 is 15.7 Å². The number of hydrogen-bond acceptors (Lipinski definition) is 4. The van der Waals surface area contributed by atoms with Crippen LogP contribution in [0.3, 0.4) is 0 Å². The van der Waals surface area contributed by atoms with Gasteiger partial charge in [-0.1, -0.05) is 6.42 Å². The molecule has 7 nitrogen and oxygen atoms in total. The first-order chi connectivity index (χ1) is 10.1. The number of carbonyl (C=O) groups is 1. The molecule has 114 valence electrons. The van der Waals surface area contributed by atoms with Gasteiger partial charge in [-0.05, 0) is 36.8 Å². The molecule has 1 aliphatic rings. The Morgan fingerprint density at radius 3 is 2.57 bits per heavy atom. The monoisotopic (exact) mass is 293 g/mol. The number of benzene rings is 1. The number of nitrogens with zero attached hydrogens (tertiary/aromatic N) is 1. The van der Waals surface area contributed by atoms with Crippen LogP contribution in [0, 0.1) is 22.0 Å². The van der Waals surface area contributed by atoms with Gasteiger partial charge in [0.05, 0.1) is 4.92 Å². The quantitative estimate of drug-likeness (QED) is 0.571. The predicted molar refractivity (Wildman–Crippen MR) is 78.0 cm³/mol. The fourth-order valence-electron chi connectivity index (χ4n) is 2.69. The third kappa shape index (κ3) is 4.16. The van der Waals surface area contributed by atoms with Crippen molar-refractivity contribution in [2.75, 3.05) is 18.5 Å². The summed E-state index contributed by atoms with van der Waals surface area (Å²) in [5.74, 6) is 0.585. The van der Waals surface area contributed by atoms with E-state index in [2.05, 4.69) is 10.6 Å². The number of rotatable bonds is 5. The maximum absolute atomic E-state index is 11.8. The number of hydrogen-bond donors (Lipinski definition) is 3. The first-order valence-electron chi connectivity index (χ1n) is 7.00. The number of amides is 2. The number of anilines is 1. The predicted octanol–water partition coefficient (Wildman–Crippen LogP) is 2.12. The Hall–Kier alpha value is -2.15. The molecule has 0 radical (unpaired) electrons. The number of nitro benzene ring substituents is 1. The summed E-state index contributed by atoms with van der Waals surface area (Å²) >= 11 is 0. The Kier molecular flexibility index (Phi) is 5.10. The molecule has 1 aliphatic carbocycles. The van der Waals surface area contributed by atoms with Crippen molar-refractivity contribution in [3.63, 3.8) is 0 Å². The minimum atomic E-state index is -0.487. The molecule has 1 aromatic carbocycles. The lowest BCUT2D eigenvalue weighted by Crippen LogP contribution is -2.34. The molecule has 21 heavy (non-hydrogen) atoms. The normalized spacial score (nSPS) is 21.0. The van der Waals surface area contributed by atoms with Gasteiger partial charge in [0.15, 0.2) is 0 Å². The van der Waals surface area contributed by atoms with Gasteiger partial charge in [0.25, 0.3) is 5.69 Å². The van der Waals surface area contributed by atoms with Crippen LogP contribution in [0.2, 0.25) is 0 Å². The standard InChI is InChI=1S/C14H19N3O4/c18-9-11-3-1-2-10(11)8-15-14(19)16-12-4-6-13(7-5-12)17(20)21/h4-7,10-11,18H,1-3,8-9H2,(H2,15,16,19). The number of urea groups is 1. The highest BCUT2D eigenvalue weighted by molar-refractivity contribution is 5.89. The van der Waals surface area contributed by atoms with E-state index in [1.807, 2.05) is 0 Å². The molecule has 1 saturated carbocycles. The molecule has 0 bridgehead atoms. The van der Waals surface area contributed by atoms with Crippen molar-refractivity contribution in [2.24, 2.45) is 11.8 Å². The molecule has 0 spiro atoms. The van der Waals surface area contributed by atoms with Gasteiger partial charge in [0, 0.05) is 31.0 Å². The van der Waals surface area contributed by atoms with Crippen LogP contribution < -0.4 is 10.6 Å². The molecular weight excluding hydrogens is 274 g/mol. The van der Waals surface area contributed by atoms with E-state index in [0.717, 1.165) is 19.3 Å². The fraction of sp³-hybridized carbons (Fsp3) is 0.500. The van der Waals surface area contributed by atoms with Crippen molar-refractivity contribution in [3.05, 3.63) is 34.4 Å². The molecule has 0 saturated heterocycles. The SMILES string of the molecule is O=C(NCC1CCCC1CO)Nc1ccc([N+](=O)[O-])cc1. The van der Waals surface area contributed by atoms with Crippen molar-refractivity contribution in [2.45, 2.75) is 19.3 Å². The average molecular weight is 293 g/mol. The molecule has 1 fully saturated rings. The Morgan fingerprint density at radius 2 is 1.95 bits per heavy atom. The Bertz CT molecular complexity index is 503. The molecule has 2 rings (SSSR count). The van der Waals surface area contributed by atoms with E-state index < -0.39 is 4.92 Å². The lowest BCUT2D eigenvalue weighted by molar-refractivity contribution is -0.384. The molecule has 2 atom stereocenters. The second-order valence-electron chi connectivity index (χ2n) is 5.27.